The first kappa shape index (κ1) is 17.3. The summed E-state index contributed by atoms with van der Waals surface area (Å²) in [7, 11) is 1.63. The Morgan fingerprint density at radius 3 is 2.61 bits per heavy atom. The standard InChI is InChI=1S/C19H24FNO2/c1-3-9-23-19-11-14(7-8-18(19)22-2)10-16(13-21)15-5-4-6-17(20)12-15/h4-8,11-12,16H,3,9-10,13,21H2,1-2H3. The van der Waals surface area contributed by atoms with E-state index in [9.17, 15) is 4.39 Å². The van der Waals surface area contributed by atoms with E-state index in [1.54, 1.807) is 19.2 Å². The Bertz CT molecular complexity index is 631. The van der Waals surface area contributed by atoms with Crippen molar-refractivity contribution in [2.45, 2.75) is 25.7 Å². The van der Waals surface area contributed by atoms with E-state index in [-0.39, 0.29) is 11.7 Å². The van der Waals surface area contributed by atoms with E-state index in [4.69, 9.17) is 15.2 Å². The monoisotopic (exact) mass is 317 g/mol. The zero-order valence-electron chi connectivity index (χ0n) is 13.7. The molecule has 0 aliphatic heterocycles. The minimum Gasteiger partial charge on any atom is -0.493 e. The van der Waals surface area contributed by atoms with Crippen molar-refractivity contribution in [3.05, 3.63) is 59.4 Å². The summed E-state index contributed by atoms with van der Waals surface area (Å²) in [4.78, 5) is 0. The summed E-state index contributed by atoms with van der Waals surface area (Å²) >= 11 is 0. The molecule has 3 nitrogen and oxygen atoms in total. The molecule has 0 aromatic heterocycles. The number of rotatable bonds is 8. The van der Waals surface area contributed by atoms with Crippen LogP contribution >= 0.6 is 0 Å². The number of benzene rings is 2. The molecule has 0 saturated heterocycles. The molecule has 0 saturated carbocycles. The van der Waals surface area contributed by atoms with E-state index in [2.05, 4.69) is 6.92 Å². The molecule has 0 heterocycles. The topological polar surface area (TPSA) is 44.5 Å². The number of hydrogen-bond acceptors (Lipinski definition) is 3. The van der Waals surface area contributed by atoms with Crippen molar-refractivity contribution >= 4 is 0 Å². The van der Waals surface area contributed by atoms with Crippen molar-refractivity contribution in [2.75, 3.05) is 20.3 Å². The molecule has 1 atom stereocenters. The Morgan fingerprint density at radius 2 is 1.96 bits per heavy atom. The molecule has 23 heavy (non-hydrogen) atoms. The fourth-order valence-corrected chi connectivity index (χ4v) is 2.56. The molecule has 2 N–H and O–H groups in total. The van der Waals surface area contributed by atoms with E-state index in [1.807, 2.05) is 24.3 Å². The van der Waals surface area contributed by atoms with E-state index in [0.717, 1.165) is 35.5 Å². The van der Waals surface area contributed by atoms with Gasteiger partial charge in [-0.3, -0.25) is 0 Å². The average Bonchev–Trinajstić information content (AvgIpc) is 2.57. The highest BCUT2D eigenvalue weighted by atomic mass is 19.1. The molecule has 0 spiro atoms. The van der Waals surface area contributed by atoms with Gasteiger partial charge in [-0.15, -0.1) is 0 Å². The summed E-state index contributed by atoms with van der Waals surface area (Å²) in [5, 5.41) is 0. The highest BCUT2D eigenvalue weighted by Crippen LogP contribution is 2.30. The lowest BCUT2D eigenvalue weighted by Crippen LogP contribution is -2.15. The van der Waals surface area contributed by atoms with Crippen LogP contribution in [0.25, 0.3) is 0 Å². The van der Waals surface area contributed by atoms with Gasteiger partial charge in [0, 0.05) is 5.92 Å². The molecule has 1 unspecified atom stereocenters. The summed E-state index contributed by atoms with van der Waals surface area (Å²) < 4.78 is 24.5. The van der Waals surface area contributed by atoms with Gasteiger partial charge in [-0.1, -0.05) is 25.1 Å². The van der Waals surface area contributed by atoms with Crippen LogP contribution < -0.4 is 15.2 Å². The van der Waals surface area contributed by atoms with Crippen LogP contribution in [-0.2, 0) is 6.42 Å². The summed E-state index contributed by atoms with van der Waals surface area (Å²) in [5.41, 5.74) is 7.91. The van der Waals surface area contributed by atoms with Crippen LogP contribution in [0.2, 0.25) is 0 Å². The van der Waals surface area contributed by atoms with E-state index >= 15 is 0 Å². The average molecular weight is 317 g/mol. The van der Waals surface area contributed by atoms with Crippen molar-refractivity contribution in [1.82, 2.24) is 0 Å². The summed E-state index contributed by atoms with van der Waals surface area (Å²) in [6.45, 7) is 3.16. The van der Waals surface area contributed by atoms with Crippen molar-refractivity contribution in [1.29, 1.82) is 0 Å². The number of ether oxygens (including phenoxy) is 2. The smallest absolute Gasteiger partial charge is 0.161 e. The van der Waals surface area contributed by atoms with Crippen LogP contribution in [-0.4, -0.2) is 20.3 Å². The van der Waals surface area contributed by atoms with Crippen LogP contribution in [0.3, 0.4) is 0 Å². The molecule has 0 amide bonds. The first-order chi connectivity index (χ1) is 11.2. The molecular formula is C19H24FNO2. The van der Waals surface area contributed by atoms with Gasteiger partial charge in [-0.25, -0.2) is 4.39 Å². The summed E-state index contributed by atoms with van der Waals surface area (Å²) in [6.07, 6.45) is 1.66. The lowest BCUT2D eigenvalue weighted by molar-refractivity contribution is 0.294. The molecule has 0 aliphatic rings. The van der Waals surface area contributed by atoms with Crippen LogP contribution in [0.1, 0.15) is 30.4 Å². The van der Waals surface area contributed by atoms with Gasteiger partial charge in [0.05, 0.1) is 13.7 Å². The van der Waals surface area contributed by atoms with E-state index in [1.165, 1.54) is 6.07 Å². The van der Waals surface area contributed by atoms with Gasteiger partial charge in [-0.05, 0) is 54.8 Å². The van der Waals surface area contributed by atoms with E-state index < -0.39 is 0 Å². The third-order valence-corrected chi connectivity index (χ3v) is 3.78. The highest BCUT2D eigenvalue weighted by Gasteiger charge is 2.13. The predicted octanol–water partition coefficient (Wildman–Crippen LogP) is 3.91. The molecule has 0 fully saturated rings. The number of methoxy groups -OCH3 is 1. The van der Waals surface area contributed by atoms with Crippen molar-refractivity contribution in [3.63, 3.8) is 0 Å². The Balaban J connectivity index is 2.20. The second kappa shape index (κ2) is 8.53. The minimum atomic E-state index is -0.234. The Labute approximate surface area is 137 Å². The largest absolute Gasteiger partial charge is 0.493 e. The second-order valence-corrected chi connectivity index (χ2v) is 5.53. The third kappa shape index (κ3) is 4.70. The molecular weight excluding hydrogens is 293 g/mol. The number of hydrogen-bond donors (Lipinski definition) is 1. The third-order valence-electron chi connectivity index (χ3n) is 3.78. The molecule has 2 aromatic rings. The molecule has 2 rings (SSSR count). The molecule has 124 valence electrons. The molecule has 0 bridgehead atoms. The first-order valence-corrected chi connectivity index (χ1v) is 7.93. The maximum atomic E-state index is 13.4. The quantitative estimate of drug-likeness (QED) is 0.803. The molecule has 2 aromatic carbocycles. The fraction of sp³-hybridized carbons (Fsp3) is 0.368. The van der Waals surface area contributed by atoms with Gasteiger partial charge < -0.3 is 15.2 Å². The van der Waals surface area contributed by atoms with Crippen LogP contribution in [0.5, 0.6) is 11.5 Å². The van der Waals surface area contributed by atoms with Crippen molar-refractivity contribution in [3.8, 4) is 11.5 Å². The first-order valence-electron chi connectivity index (χ1n) is 7.93. The zero-order chi connectivity index (χ0) is 16.7. The second-order valence-electron chi connectivity index (χ2n) is 5.53. The molecule has 4 heteroatoms. The van der Waals surface area contributed by atoms with Crippen molar-refractivity contribution < 1.29 is 13.9 Å². The van der Waals surface area contributed by atoms with Gasteiger partial charge in [-0.2, -0.15) is 0 Å². The van der Waals surface area contributed by atoms with Gasteiger partial charge in [0.25, 0.3) is 0 Å². The summed E-state index contributed by atoms with van der Waals surface area (Å²) in [6, 6.07) is 12.5. The lowest BCUT2D eigenvalue weighted by Gasteiger charge is -2.17. The fourth-order valence-electron chi connectivity index (χ4n) is 2.56. The normalized spacial score (nSPS) is 12.0. The Morgan fingerprint density at radius 1 is 1.13 bits per heavy atom. The number of halogens is 1. The van der Waals surface area contributed by atoms with Crippen LogP contribution in [0, 0.1) is 5.82 Å². The maximum absolute atomic E-state index is 13.4. The minimum absolute atomic E-state index is 0.0677. The van der Waals surface area contributed by atoms with Crippen molar-refractivity contribution in [2.24, 2.45) is 5.73 Å². The SMILES string of the molecule is CCCOc1cc(CC(CN)c2cccc(F)c2)ccc1OC. The van der Waals surface area contributed by atoms with Crippen LogP contribution in [0.15, 0.2) is 42.5 Å². The van der Waals surface area contributed by atoms with Gasteiger partial charge in [0.1, 0.15) is 5.82 Å². The van der Waals surface area contributed by atoms with E-state index in [0.29, 0.717) is 13.2 Å². The molecule has 0 radical (unpaired) electrons. The van der Waals surface area contributed by atoms with Gasteiger partial charge in [0.15, 0.2) is 11.5 Å². The Kier molecular flexibility index (Phi) is 6.41. The zero-order valence-corrected chi connectivity index (χ0v) is 13.7. The number of nitrogens with two attached hydrogens (primary N) is 1. The van der Waals surface area contributed by atoms with Gasteiger partial charge in [0.2, 0.25) is 0 Å². The Hall–Kier alpha value is -2.07. The van der Waals surface area contributed by atoms with Crippen LogP contribution in [0.4, 0.5) is 4.39 Å². The lowest BCUT2D eigenvalue weighted by atomic mass is 9.92. The van der Waals surface area contributed by atoms with Gasteiger partial charge >= 0.3 is 0 Å². The summed E-state index contributed by atoms with van der Waals surface area (Å²) in [5.74, 6) is 1.29. The maximum Gasteiger partial charge on any atom is 0.161 e. The molecule has 0 aliphatic carbocycles. The predicted molar refractivity (Wildman–Crippen MR) is 90.7 cm³/mol. The highest BCUT2D eigenvalue weighted by molar-refractivity contribution is 5.43.